The number of fused-ring (bicyclic) bond motifs is 1. The van der Waals surface area contributed by atoms with Crippen LogP contribution in [0.1, 0.15) is 53.2 Å². The minimum absolute atomic E-state index is 0.0873. The van der Waals surface area contributed by atoms with Crippen molar-refractivity contribution in [3.05, 3.63) is 65.2 Å². The molecule has 3 aliphatic rings. The van der Waals surface area contributed by atoms with Crippen LogP contribution in [0, 0.1) is 0 Å². The van der Waals surface area contributed by atoms with Crippen molar-refractivity contribution < 1.29 is 19.2 Å². The zero-order chi connectivity index (χ0) is 22.9. The maximum absolute atomic E-state index is 13.0. The number of carbonyl (C=O) groups is 4. The summed E-state index contributed by atoms with van der Waals surface area (Å²) in [6.45, 7) is 0.837. The number of benzene rings is 2. The van der Waals surface area contributed by atoms with Gasteiger partial charge in [-0.25, -0.2) is 0 Å². The first kappa shape index (κ1) is 21.2. The van der Waals surface area contributed by atoms with Gasteiger partial charge in [-0.1, -0.05) is 30.3 Å². The van der Waals surface area contributed by atoms with Gasteiger partial charge in [-0.3, -0.25) is 19.2 Å². The zero-order valence-electron chi connectivity index (χ0n) is 18.3. The van der Waals surface area contributed by atoms with Gasteiger partial charge in [0.1, 0.15) is 6.04 Å². The van der Waals surface area contributed by atoms with E-state index in [0.717, 1.165) is 30.5 Å². The summed E-state index contributed by atoms with van der Waals surface area (Å²) in [4.78, 5) is 53.5. The highest BCUT2D eigenvalue weighted by atomic mass is 16.2. The van der Waals surface area contributed by atoms with E-state index in [1.165, 1.54) is 0 Å². The second-order valence-corrected chi connectivity index (χ2v) is 8.75. The summed E-state index contributed by atoms with van der Waals surface area (Å²) in [5.41, 5.74) is 2.97. The number of hydrogen-bond donors (Lipinski definition) is 2. The molecule has 2 aromatic carbocycles. The van der Waals surface area contributed by atoms with Gasteiger partial charge in [0.25, 0.3) is 5.91 Å². The Kier molecular flexibility index (Phi) is 5.58. The van der Waals surface area contributed by atoms with Crippen molar-refractivity contribution in [1.82, 2.24) is 15.5 Å². The summed E-state index contributed by atoms with van der Waals surface area (Å²) < 4.78 is 0. The van der Waals surface area contributed by atoms with Gasteiger partial charge in [-0.2, -0.15) is 0 Å². The van der Waals surface area contributed by atoms with Crippen LogP contribution in [0.5, 0.6) is 0 Å². The van der Waals surface area contributed by atoms with Crippen molar-refractivity contribution in [1.29, 1.82) is 0 Å². The van der Waals surface area contributed by atoms with Crippen molar-refractivity contribution >= 4 is 29.3 Å². The molecule has 2 aromatic rings. The molecule has 1 atom stereocenters. The Morgan fingerprint density at radius 3 is 2.58 bits per heavy atom. The lowest BCUT2D eigenvalue weighted by molar-refractivity contribution is -0.129. The van der Waals surface area contributed by atoms with Gasteiger partial charge in [0.15, 0.2) is 0 Å². The van der Waals surface area contributed by atoms with Crippen molar-refractivity contribution in [3.63, 3.8) is 0 Å². The van der Waals surface area contributed by atoms with Gasteiger partial charge in [-0.05, 0) is 48.6 Å². The molecule has 1 aliphatic carbocycles. The largest absolute Gasteiger partial charge is 0.350 e. The fourth-order valence-electron chi connectivity index (χ4n) is 4.62. The summed E-state index contributed by atoms with van der Waals surface area (Å²) in [6, 6.07) is 14.1. The number of hydrogen-bond acceptors (Lipinski definition) is 4. The van der Waals surface area contributed by atoms with Gasteiger partial charge in [0.2, 0.25) is 17.7 Å². The second kappa shape index (κ2) is 8.69. The second-order valence-electron chi connectivity index (χ2n) is 8.75. The highest BCUT2D eigenvalue weighted by Crippen LogP contribution is 2.41. The van der Waals surface area contributed by atoms with Crippen molar-refractivity contribution in [2.24, 2.45) is 0 Å². The first-order valence-corrected chi connectivity index (χ1v) is 11.4. The van der Waals surface area contributed by atoms with Crippen molar-refractivity contribution in [2.45, 2.75) is 44.3 Å². The van der Waals surface area contributed by atoms with Crippen LogP contribution < -0.4 is 15.5 Å². The van der Waals surface area contributed by atoms with Crippen LogP contribution >= 0.6 is 0 Å². The van der Waals surface area contributed by atoms with Gasteiger partial charge in [-0.15, -0.1) is 0 Å². The third-order valence-corrected chi connectivity index (χ3v) is 6.40. The molecule has 0 radical (unpaired) electrons. The molecule has 1 saturated heterocycles. The fraction of sp³-hybridized carbons (Fsp3) is 0.360. The quantitative estimate of drug-likeness (QED) is 0.679. The molecule has 1 unspecified atom stereocenters. The molecule has 0 aromatic heterocycles. The first-order chi connectivity index (χ1) is 16.0. The molecule has 4 amide bonds. The molecule has 2 fully saturated rings. The third kappa shape index (κ3) is 4.20. The Bertz CT molecular complexity index is 1130. The van der Waals surface area contributed by atoms with Crippen LogP contribution in [-0.4, -0.2) is 47.7 Å². The summed E-state index contributed by atoms with van der Waals surface area (Å²) in [7, 11) is 0. The smallest absolute Gasteiger partial charge is 0.255 e. The molecular weight excluding hydrogens is 420 g/mol. The van der Waals surface area contributed by atoms with Crippen LogP contribution in [-0.2, 0) is 20.9 Å². The highest BCUT2D eigenvalue weighted by Gasteiger charge is 2.47. The number of nitrogens with one attached hydrogen (secondary N) is 2. The first-order valence-electron chi connectivity index (χ1n) is 11.4. The van der Waals surface area contributed by atoms with Gasteiger partial charge in [0.05, 0.1) is 6.54 Å². The minimum Gasteiger partial charge on any atom is -0.350 e. The average molecular weight is 447 g/mol. The Balaban J connectivity index is 1.17. The topological polar surface area (TPSA) is 98.8 Å². The SMILES string of the molecule is O=C(CNC(=O)C1c2ccccc2C(=O)N1C1CC1)NCc1cccc(N2CCCC2=O)c1. The van der Waals surface area contributed by atoms with Gasteiger partial charge >= 0.3 is 0 Å². The predicted molar refractivity (Wildman–Crippen MR) is 121 cm³/mol. The average Bonchev–Trinajstić information content (AvgIpc) is 3.51. The summed E-state index contributed by atoms with van der Waals surface area (Å²) >= 11 is 0. The van der Waals surface area contributed by atoms with E-state index < -0.39 is 6.04 Å². The molecule has 8 nitrogen and oxygen atoms in total. The lowest BCUT2D eigenvalue weighted by atomic mass is 10.0. The van der Waals surface area contributed by atoms with Gasteiger partial charge < -0.3 is 20.4 Å². The van der Waals surface area contributed by atoms with E-state index in [2.05, 4.69) is 10.6 Å². The normalized spacial score (nSPS) is 19.6. The molecule has 2 heterocycles. The molecule has 8 heteroatoms. The molecular formula is C25H26N4O4. The van der Waals surface area contributed by atoms with E-state index in [1.807, 2.05) is 30.3 Å². The number of anilines is 1. The number of rotatable bonds is 7. The molecule has 0 bridgehead atoms. The van der Waals surface area contributed by atoms with Crippen LogP contribution in [0.2, 0.25) is 0 Å². The summed E-state index contributed by atoms with van der Waals surface area (Å²) in [6.07, 6.45) is 3.21. The van der Waals surface area contributed by atoms with Crippen molar-refractivity contribution in [3.8, 4) is 0 Å². The molecule has 2 N–H and O–H groups in total. The lowest BCUT2D eigenvalue weighted by Gasteiger charge is -2.24. The number of amides is 4. The zero-order valence-corrected chi connectivity index (χ0v) is 18.3. The van der Waals surface area contributed by atoms with Crippen LogP contribution in [0.15, 0.2) is 48.5 Å². The highest BCUT2D eigenvalue weighted by molar-refractivity contribution is 6.05. The van der Waals surface area contributed by atoms with Crippen LogP contribution in [0.25, 0.3) is 0 Å². The van der Waals surface area contributed by atoms with E-state index in [4.69, 9.17) is 0 Å². The Hall–Kier alpha value is -3.68. The molecule has 1 saturated carbocycles. The van der Waals surface area contributed by atoms with E-state index in [-0.39, 0.29) is 36.2 Å². The van der Waals surface area contributed by atoms with Gasteiger partial charge in [0, 0.05) is 36.8 Å². The maximum Gasteiger partial charge on any atom is 0.255 e. The minimum atomic E-state index is -0.691. The Labute approximate surface area is 191 Å². The lowest BCUT2D eigenvalue weighted by Crippen LogP contribution is -2.43. The molecule has 5 rings (SSSR count). The molecule has 0 spiro atoms. The fourth-order valence-corrected chi connectivity index (χ4v) is 4.62. The molecule has 170 valence electrons. The number of carbonyl (C=O) groups excluding carboxylic acids is 4. The summed E-state index contributed by atoms with van der Waals surface area (Å²) in [5, 5.41) is 5.51. The number of nitrogens with zero attached hydrogens (tertiary/aromatic N) is 2. The van der Waals surface area contributed by atoms with Crippen LogP contribution in [0.4, 0.5) is 5.69 Å². The molecule has 2 aliphatic heterocycles. The van der Waals surface area contributed by atoms with E-state index in [0.29, 0.717) is 30.6 Å². The maximum atomic E-state index is 13.0. The third-order valence-electron chi connectivity index (χ3n) is 6.40. The standard InChI is InChI=1S/C25H26N4O4/c30-21(26-14-16-5-3-6-18(13-16)28-12-4-9-22(28)31)15-27-24(32)23-19-7-1-2-8-20(19)25(33)29(23)17-10-11-17/h1-3,5-8,13,17,23H,4,9-12,14-15H2,(H,26,30)(H,27,32). The Morgan fingerprint density at radius 2 is 1.82 bits per heavy atom. The predicted octanol–water partition coefficient (Wildman–Crippen LogP) is 1.91. The van der Waals surface area contributed by atoms with E-state index >= 15 is 0 Å². The van der Waals surface area contributed by atoms with Crippen molar-refractivity contribution in [2.75, 3.05) is 18.0 Å². The molecule has 33 heavy (non-hydrogen) atoms. The monoisotopic (exact) mass is 446 g/mol. The van der Waals surface area contributed by atoms with E-state index in [1.54, 1.807) is 28.0 Å². The van der Waals surface area contributed by atoms with E-state index in [9.17, 15) is 19.2 Å². The van der Waals surface area contributed by atoms with Crippen LogP contribution in [0.3, 0.4) is 0 Å². The summed E-state index contributed by atoms with van der Waals surface area (Å²) in [5.74, 6) is -0.661. The Morgan fingerprint density at radius 1 is 1.00 bits per heavy atom.